The van der Waals surface area contributed by atoms with E-state index in [-0.39, 0.29) is 5.41 Å². The van der Waals surface area contributed by atoms with Gasteiger partial charge in [-0.2, -0.15) is 0 Å². The summed E-state index contributed by atoms with van der Waals surface area (Å²) in [4.78, 5) is 36.7. The van der Waals surface area contributed by atoms with Crippen LogP contribution < -0.4 is 16.0 Å². The lowest BCUT2D eigenvalue weighted by atomic mass is 9.85. The highest BCUT2D eigenvalue weighted by Crippen LogP contribution is 2.35. The maximum Gasteiger partial charge on any atom is 0.332 e. The molecule has 1 aromatic carbocycles. The Morgan fingerprint density at radius 3 is 2.41 bits per heavy atom. The van der Waals surface area contributed by atoms with Crippen molar-refractivity contribution in [1.29, 1.82) is 0 Å². The number of carbonyl (C=O) groups excluding carboxylic acids is 1. The molecule has 0 spiro atoms. The number of carbonyl (C=O) groups is 1. The van der Waals surface area contributed by atoms with Crippen molar-refractivity contribution in [2.45, 2.75) is 26.2 Å². The van der Waals surface area contributed by atoms with E-state index in [1.165, 1.54) is 23.9 Å². The van der Waals surface area contributed by atoms with E-state index in [4.69, 9.17) is 4.74 Å². The Balaban J connectivity index is 2.81. The van der Waals surface area contributed by atoms with E-state index in [1.807, 2.05) is 20.8 Å². The highest BCUT2D eigenvalue weighted by atomic mass is 16.5. The van der Waals surface area contributed by atoms with Crippen molar-refractivity contribution >= 4 is 6.29 Å². The van der Waals surface area contributed by atoms with Crippen LogP contribution in [0.2, 0.25) is 0 Å². The molecule has 0 radical (unpaired) electrons. The number of H-pyrrole nitrogens is 1. The predicted octanol–water partition coefficient (Wildman–Crippen LogP) is 1.64. The number of hydrogen-bond donors (Lipinski definition) is 1. The monoisotopic (exact) mass is 302 g/mol. The normalized spacial score (nSPS) is 11.3. The topological polar surface area (TPSA) is 81.2 Å². The third-order valence-electron chi connectivity index (χ3n) is 3.34. The molecular weight excluding hydrogens is 284 g/mol. The van der Waals surface area contributed by atoms with Crippen LogP contribution in [0.3, 0.4) is 0 Å². The number of aldehydes is 1. The molecule has 2 rings (SSSR count). The number of hydrogen-bond acceptors (Lipinski definition) is 4. The third-order valence-corrected chi connectivity index (χ3v) is 3.34. The summed E-state index contributed by atoms with van der Waals surface area (Å²) in [6.45, 7) is 5.95. The van der Waals surface area contributed by atoms with Crippen LogP contribution in [-0.4, -0.2) is 22.9 Å². The first-order valence-corrected chi connectivity index (χ1v) is 6.78. The van der Waals surface area contributed by atoms with E-state index in [2.05, 4.69) is 4.98 Å². The molecule has 0 fully saturated rings. The van der Waals surface area contributed by atoms with E-state index >= 15 is 0 Å². The van der Waals surface area contributed by atoms with Gasteiger partial charge in [0.1, 0.15) is 5.75 Å². The molecule has 0 saturated heterocycles. The Labute approximate surface area is 127 Å². The Morgan fingerprint density at radius 1 is 1.23 bits per heavy atom. The van der Waals surface area contributed by atoms with Crippen molar-refractivity contribution in [2.24, 2.45) is 0 Å². The molecule has 116 valence electrons. The van der Waals surface area contributed by atoms with Gasteiger partial charge < -0.3 is 4.74 Å². The van der Waals surface area contributed by atoms with Gasteiger partial charge in [0.15, 0.2) is 6.29 Å². The SMILES string of the molecule is COc1c(C=O)cc(-n2ccc(=O)[nH]c2=O)cc1C(C)(C)C. The van der Waals surface area contributed by atoms with Gasteiger partial charge in [0.2, 0.25) is 0 Å². The second-order valence-electron chi connectivity index (χ2n) is 5.96. The lowest BCUT2D eigenvalue weighted by molar-refractivity contribution is 0.112. The quantitative estimate of drug-likeness (QED) is 0.874. The van der Waals surface area contributed by atoms with Crippen molar-refractivity contribution in [3.8, 4) is 11.4 Å². The average Bonchev–Trinajstić information content (AvgIpc) is 2.44. The fourth-order valence-corrected chi connectivity index (χ4v) is 2.27. The number of nitrogens with zero attached hydrogens (tertiary/aromatic N) is 1. The van der Waals surface area contributed by atoms with Crippen LogP contribution in [0.25, 0.3) is 5.69 Å². The van der Waals surface area contributed by atoms with E-state index in [1.54, 1.807) is 12.1 Å². The van der Waals surface area contributed by atoms with E-state index < -0.39 is 11.2 Å². The Bertz CT molecular complexity index is 825. The molecule has 2 aromatic rings. The van der Waals surface area contributed by atoms with Crippen LogP contribution >= 0.6 is 0 Å². The van der Waals surface area contributed by atoms with Crippen molar-refractivity contribution in [2.75, 3.05) is 7.11 Å². The molecule has 6 nitrogen and oxygen atoms in total. The van der Waals surface area contributed by atoms with Crippen LogP contribution in [0.15, 0.2) is 34.0 Å². The first-order chi connectivity index (χ1) is 10.3. The van der Waals surface area contributed by atoms with Gasteiger partial charge in [-0.1, -0.05) is 20.8 Å². The van der Waals surface area contributed by atoms with Crippen LogP contribution in [0.4, 0.5) is 0 Å². The molecule has 0 bridgehead atoms. The molecule has 1 heterocycles. The lowest BCUT2D eigenvalue weighted by Gasteiger charge is -2.24. The average molecular weight is 302 g/mol. The molecule has 0 aliphatic carbocycles. The molecule has 0 unspecified atom stereocenters. The fraction of sp³-hybridized carbons (Fsp3) is 0.312. The first kappa shape index (κ1) is 15.8. The lowest BCUT2D eigenvalue weighted by Crippen LogP contribution is -2.28. The summed E-state index contributed by atoms with van der Waals surface area (Å²) in [5.41, 5.74) is 0.325. The minimum absolute atomic E-state index is 0.287. The van der Waals surface area contributed by atoms with Gasteiger partial charge in [-0.15, -0.1) is 0 Å². The van der Waals surface area contributed by atoms with E-state index in [0.29, 0.717) is 23.3 Å². The molecular formula is C16H18N2O4. The Morgan fingerprint density at radius 2 is 1.91 bits per heavy atom. The van der Waals surface area contributed by atoms with Crippen LogP contribution in [0.5, 0.6) is 5.75 Å². The number of ether oxygens (including phenoxy) is 1. The second-order valence-corrected chi connectivity index (χ2v) is 5.96. The van der Waals surface area contributed by atoms with Crippen LogP contribution in [-0.2, 0) is 5.41 Å². The van der Waals surface area contributed by atoms with Gasteiger partial charge in [0, 0.05) is 17.8 Å². The molecule has 0 saturated carbocycles. The number of aromatic nitrogens is 2. The smallest absolute Gasteiger partial charge is 0.332 e. The van der Waals surface area contributed by atoms with Crippen molar-refractivity contribution in [1.82, 2.24) is 9.55 Å². The molecule has 22 heavy (non-hydrogen) atoms. The summed E-state index contributed by atoms with van der Waals surface area (Å²) in [6.07, 6.45) is 2.07. The summed E-state index contributed by atoms with van der Waals surface area (Å²) in [5, 5.41) is 0. The fourth-order valence-electron chi connectivity index (χ4n) is 2.27. The highest BCUT2D eigenvalue weighted by Gasteiger charge is 2.23. The number of nitrogens with one attached hydrogen (secondary N) is 1. The zero-order valence-corrected chi connectivity index (χ0v) is 13.0. The van der Waals surface area contributed by atoms with Crippen LogP contribution in [0.1, 0.15) is 36.7 Å². The highest BCUT2D eigenvalue weighted by molar-refractivity contribution is 5.82. The largest absolute Gasteiger partial charge is 0.496 e. The maximum atomic E-state index is 11.9. The number of benzene rings is 1. The number of aromatic amines is 1. The Hall–Kier alpha value is -2.63. The molecule has 6 heteroatoms. The molecule has 1 aromatic heterocycles. The van der Waals surface area contributed by atoms with Gasteiger partial charge in [-0.05, 0) is 17.5 Å². The van der Waals surface area contributed by atoms with Gasteiger partial charge in [0.05, 0.1) is 18.4 Å². The molecule has 0 aliphatic rings. The molecule has 0 atom stereocenters. The summed E-state index contributed by atoms with van der Waals surface area (Å²) in [5.74, 6) is 0.490. The van der Waals surface area contributed by atoms with Crippen molar-refractivity contribution in [3.63, 3.8) is 0 Å². The summed E-state index contributed by atoms with van der Waals surface area (Å²) < 4.78 is 6.64. The van der Waals surface area contributed by atoms with Gasteiger partial charge in [-0.3, -0.25) is 19.1 Å². The van der Waals surface area contributed by atoms with Gasteiger partial charge in [-0.25, -0.2) is 4.79 Å². The summed E-state index contributed by atoms with van der Waals surface area (Å²) in [7, 11) is 1.50. The van der Waals surface area contributed by atoms with E-state index in [0.717, 1.165) is 5.56 Å². The van der Waals surface area contributed by atoms with Gasteiger partial charge in [0.25, 0.3) is 5.56 Å². The van der Waals surface area contributed by atoms with Crippen LogP contribution in [0, 0.1) is 0 Å². The predicted molar refractivity (Wildman–Crippen MR) is 83.3 cm³/mol. The number of methoxy groups -OCH3 is 1. The zero-order valence-electron chi connectivity index (χ0n) is 13.0. The summed E-state index contributed by atoms with van der Waals surface area (Å²) >= 11 is 0. The third kappa shape index (κ3) is 2.86. The maximum absolute atomic E-state index is 11.9. The second kappa shape index (κ2) is 5.63. The van der Waals surface area contributed by atoms with Gasteiger partial charge >= 0.3 is 5.69 Å². The molecule has 1 N–H and O–H groups in total. The first-order valence-electron chi connectivity index (χ1n) is 6.78. The van der Waals surface area contributed by atoms with E-state index in [9.17, 15) is 14.4 Å². The standard InChI is InChI=1S/C16H18N2O4/c1-16(2,3)12-8-11(7-10(9-19)14(12)22-4)18-6-5-13(20)17-15(18)21/h5-9H,1-4H3,(H,17,20,21). The Kier molecular flexibility index (Phi) is 4.03. The molecule has 0 amide bonds. The van der Waals surface area contributed by atoms with Crippen molar-refractivity contribution in [3.05, 3.63) is 56.4 Å². The minimum Gasteiger partial charge on any atom is -0.496 e. The minimum atomic E-state index is -0.561. The zero-order chi connectivity index (χ0) is 16.5. The summed E-state index contributed by atoms with van der Waals surface area (Å²) in [6, 6.07) is 4.59. The number of rotatable bonds is 3. The van der Waals surface area contributed by atoms with Crippen molar-refractivity contribution < 1.29 is 9.53 Å². The molecule has 0 aliphatic heterocycles.